The van der Waals surface area contributed by atoms with E-state index in [1.807, 2.05) is 18.2 Å². The molecule has 3 aromatic rings. The fraction of sp³-hybridized carbons (Fsp3) is 0.250. The highest BCUT2D eigenvalue weighted by Gasteiger charge is 2.25. The summed E-state index contributed by atoms with van der Waals surface area (Å²) in [5.41, 5.74) is 2.96. The minimum Gasteiger partial charge on any atom is -0.493 e. The molecule has 1 aromatic heterocycles. The molecule has 0 saturated heterocycles. The summed E-state index contributed by atoms with van der Waals surface area (Å²) in [6.45, 7) is 0. The van der Waals surface area contributed by atoms with Crippen LogP contribution in [0.15, 0.2) is 59.2 Å². The third-order valence-electron chi connectivity index (χ3n) is 5.44. The number of ether oxygens (including phenoxy) is 2. The Bertz CT molecular complexity index is 1090. The summed E-state index contributed by atoms with van der Waals surface area (Å²) in [6, 6.07) is 14.4. The molecule has 0 radical (unpaired) electrons. The zero-order valence-corrected chi connectivity index (χ0v) is 17.4. The van der Waals surface area contributed by atoms with Crippen LogP contribution in [0.25, 0.3) is 0 Å². The maximum absolute atomic E-state index is 13.3. The van der Waals surface area contributed by atoms with Gasteiger partial charge in [0.2, 0.25) is 0 Å². The van der Waals surface area contributed by atoms with Crippen molar-refractivity contribution in [1.29, 1.82) is 0 Å². The van der Waals surface area contributed by atoms with E-state index in [4.69, 9.17) is 13.9 Å². The number of aryl methyl sites for hydroxylation is 1. The molecule has 4 rings (SSSR count). The van der Waals surface area contributed by atoms with Gasteiger partial charge in [-0.3, -0.25) is 9.59 Å². The van der Waals surface area contributed by atoms with Gasteiger partial charge >= 0.3 is 0 Å². The van der Waals surface area contributed by atoms with Gasteiger partial charge in [0.05, 0.1) is 37.8 Å². The Kier molecular flexibility index (Phi) is 5.93. The lowest BCUT2D eigenvalue weighted by Gasteiger charge is -2.27. The van der Waals surface area contributed by atoms with Crippen molar-refractivity contribution in [2.45, 2.75) is 25.3 Å². The summed E-state index contributed by atoms with van der Waals surface area (Å²) in [7, 11) is 2.99. The molecule has 7 nitrogen and oxygen atoms in total. The molecule has 1 aliphatic rings. The second-order valence-electron chi connectivity index (χ2n) is 7.30. The Balaban J connectivity index is 1.66. The smallest absolute Gasteiger partial charge is 0.291 e. The quantitative estimate of drug-likeness (QED) is 0.619. The van der Waals surface area contributed by atoms with E-state index in [1.165, 1.54) is 26.0 Å². The molecule has 0 aliphatic heterocycles. The first-order valence-electron chi connectivity index (χ1n) is 10.1. The Morgan fingerprint density at radius 2 is 1.77 bits per heavy atom. The van der Waals surface area contributed by atoms with Crippen molar-refractivity contribution >= 4 is 17.5 Å². The van der Waals surface area contributed by atoms with Gasteiger partial charge in [-0.05, 0) is 48.6 Å². The summed E-state index contributed by atoms with van der Waals surface area (Å²) in [4.78, 5) is 25.8. The average molecular weight is 420 g/mol. The van der Waals surface area contributed by atoms with E-state index in [9.17, 15) is 9.59 Å². The third kappa shape index (κ3) is 4.26. The van der Waals surface area contributed by atoms with Gasteiger partial charge in [0.1, 0.15) is 0 Å². The molecule has 0 spiro atoms. The summed E-state index contributed by atoms with van der Waals surface area (Å²) in [5.74, 6) is 0.165. The standard InChI is InChI=1S/C24H24N2O5/c1-29-21-13-17(19(14-22(21)30-2)26-24(28)20-11-6-12-31-20)23(27)25-18-10-5-8-15-7-3-4-9-16(15)18/h3-4,6-7,9,11-14,18H,5,8,10H2,1-2H3,(H,25,27)(H,26,28)/t18-/m1/s1. The number of carbonyl (C=O) groups is 2. The highest BCUT2D eigenvalue weighted by molar-refractivity contribution is 6.08. The number of methoxy groups -OCH3 is 2. The van der Waals surface area contributed by atoms with Crippen LogP contribution in [0, 0.1) is 0 Å². The van der Waals surface area contributed by atoms with E-state index in [1.54, 1.807) is 24.3 Å². The van der Waals surface area contributed by atoms with Crippen molar-refractivity contribution in [3.05, 3.63) is 77.2 Å². The van der Waals surface area contributed by atoms with Gasteiger partial charge in [-0.15, -0.1) is 0 Å². The van der Waals surface area contributed by atoms with Gasteiger partial charge < -0.3 is 24.5 Å². The van der Waals surface area contributed by atoms with Crippen LogP contribution in [0.3, 0.4) is 0 Å². The number of anilines is 1. The molecule has 31 heavy (non-hydrogen) atoms. The number of hydrogen-bond acceptors (Lipinski definition) is 5. The average Bonchev–Trinajstić information content (AvgIpc) is 3.34. The lowest BCUT2D eigenvalue weighted by atomic mass is 9.87. The number of fused-ring (bicyclic) bond motifs is 1. The fourth-order valence-electron chi connectivity index (χ4n) is 3.90. The van der Waals surface area contributed by atoms with E-state index in [2.05, 4.69) is 16.7 Å². The number of hydrogen-bond donors (Lipinski definition) is 2. The first-order chi connectivity index (χ1) is 15.1. The number of amides is 2. The van der Waals surface area contributed by atoms with Gasteiger partial charge in [-0.25, -0.2) is 0 Å². The Morgan fingerprint density at radius 1 is 1.00 bits per heavy atom. The molecule has 160 valence electrons. The minimum atomic E-state index is -0.464. The Hall–Kier alpha value is -3.74. The monoisotopic (exact) mass is 420 g/mol. The van der Waals surface area contributed by atoms with E-state index < -0.39 is 5.91 Å². The van der Waals surface area contributed by atoms with E-state index in [0.29, 0.717) is 17.2 Å². The summed E-state index contributed by atoms with van der Waals surface area (Å²) in [5, 5.41) is 5.87. The van der Waals surface area contributed by atoms with Crippen LogP contribution in [-0.4, -0.2) is 26.0 Å². The Labute approximate surface area is 180 Å². The molecule has 1 atom stereocenters. The molecule has 0 unspecified atom stereocenters. The van der Waals surface area contributed by atoms with Crippen LogP contribution in [-0.2, 0) is 6.42 Å². The van der Waals surface area contributed by atoms with Crippen molar-refractivity contribution in [1.82, 2.24) is 5.32 Å². The zero-order chi connectivity index (χ0) is 21.8. The molecule has 0 saturated carbocycles. The third-order valence-corrected chi connectivity index (χ3v) is 5.44. The molecule has 2 amide bonds. The summed E-state index contributed by atoms with van der Waals surface area (Å²) in [6.07, 6.45) is 4.27. The highest BCUT2D eigenvalue weighted by Crippen LogP contribution is 2.35. The van der Waals surface area contributed by atoms with Gasteiger partial charge in [-0.1, -0.05) is 24.3 Å². The number of rotatable bonds is 6. The first kappa shape index (κ1) is 20.5. The minimum absolute atomic E-state index is 0.0980. The first-order valence-corrected chi connectivity index (χ1v) is 10.1. The lowest BCUT2D eigenvalue weighted by Crippen LogP contribution is -2.31. The predicted octanol–water partition coefficient (Wildman–Crippen LogP) is 4.36. The van der Waals surface area contributed by atoms with Gasteiger partial charge in [0.25, 0.3) is 11.8 Å². The molecule has 0 fully saturated rings. The van der Waals surface area contributed by atoms with Crippen molar-refractivity contribution in [3.63, 3.8) is 0 Å². The van der Waals surface area contributed by atoms with Crippen LogP contribution in [0.1, 0.15) is 50.9 Å². The van der Waals surface area contributed by atoms with Gasteiger partial charge in [-0.2, -0.15) is 0 Å². The predicted molar refractivity (Wildman–Crippen MR) is 116 cm³/mol. The van der Waals surface area contributed by atoms with Crippen molar-refractivity contribution in [2.24, 2.45) is 0 Å². The largest absolute Gasteiger partial charge is 0.493 e. The van der Waals surface area contributed by atoms with Crippen molar-refractivity contribution < 1.29 is 23.5 Å². The number of nitrogens with one attached hydrogen (secondary N) is 2. The van der Waals surface area contributed by atoms with Crippen molar-refractivity contribution in [2.75, 3.05) is 19.5 Å². The molecule has 1 heterocycles. The molecule has 1 aliphatic carbocycles. The molecule has 2 N–H and O–H groups in total. The van der Waals surface area contributed by atoms with E-state index in [0.717, 1.165) is 24.8 Å². The SMILES string of the molecule is COc1cc(NC(=O)c2ccco2)c(C(=O)N[C@@H]2CCCc3ccccc32)cc1OC. The maximum atomic E-state index is 13.3. The van der Waals surface area contributed by atoms with Crippen molar-refractivity contribution in [3.8, 4) is 11.5 Å². The topological polar surface area (TPSA) is 89.8 Å². The normalized spacial score (nSPS) is 15.0. The van der Waals surface area contributed by atoms with Crippen LogP contribution in [0.4, 0.5) is 5.69 Å². The number of benzene rings is 2. The molecular formula is C24H24N2O5. The zero-order valence-electron chi connectivity index (χ0n) is 17.4. The number of furan rings is 1. The van der Waals surface area contributed by atoms with Gasteiger partial charge in [0, 0.05) is 6.07 Å². The van der Waals surface area contributed by atoms with E-state index >= 15 is 0 Å². The van der Waals surface area contributed by atoms with Crippen LogP contribution in [0.5, 0.6) is 11.5 Å². The number of carbonyl (C=O) groups excluding carboxylic acids is 2. The second kappa shape index (κ2) is 8.95. The Morgan fingerprint density at radius 3 is 2.52 bits per heavy atom. The van der Waals surface area contributed by atoms with E-state index in [-0.39, 0.29) is 23.3 Å². The van der Waals surface area contributed by atoms with Crippen LogP contribution < -0.4 is 20.1 Å². The highest BCUT2D eigenvalue weighted by atomic mass is 16.5. The molecular weight excluding hydrogens is 396 g/mol. The molecule has 7 heteroatoms. The maximum Gasteiger partial charge on any atom is 0.291 e. The summed E-state index contributed by atoms with van der Waals surface area (Å²) < 4.78 is 15.9. The molecule has 2 aromatic carbocycles. The molecule has 0 bridgehead atoms. The fourth-order valence-corrected chi connectivity index (χ4v) is 3.90. The van der Waals surface area contributed by atoms with Gasteiger partial charge in [0.15, 0.2) is 17.3 Å². The lowest BCUT2D eigenvalue weighted by molar-refractivity contribution is 0.0933. The van der Waals surface area contributed by atoms with Crippen LogP contribution >= 0.6 is 0 Å². The second-order valence-corrected chi connectivity index (χ2v) is 7.30. The summed E-state index contributed by atoms with van der Waals surface area (Å²) >= 11 is 0. The van der Waals surface area contributed by atoms with Crippen LogP contribution in [0.2, 0.25) is 0 Å².